The number of halogens is 2. The summed E-state index contributed by atoms with van der Waals surface area (Å²) in [6, 6.07) is 15.8. The van der Waals surface area contributed by atoms with Gasteiger partial charge in [0.2, 0.25) is 0 Å². The molecule has 0 atom stereocenters. The Morgan fingerprint density at radius 2 is 1.79 bits per heavy atom. The molecular formula is C26H20Cl2N3NaO6S. The molecule has 13 heteroatoms. The predicted octanol–water partition coefficient (Wildman–Crippen LogP) is 3.71. The number of nitrogens with one attached hydrogen (secondary N) is 1. The molecule has 0 bridgehead atoms. The number of azo groups is 1. The van der Waals surface area contributed by atoms with E-state index in [-0.39, 0.29) is 74.4 Å². The van der Waals surface area contributed by atoms with Crippen molar-refractivity contribution in [1.29, 1.82) is 0 Å². The van der Waals surface area contributed by atoms with Crippen molar-refractivity contribution in [2.24, 2.45) is 10.2 Å². The molecule has 0 aliphatic rings. The topological polar surface area (TPSA) is 140 Å². The Labute approximate surface area is 256 Å². The first-order valence-corrected chi connectivity index (χ1v) is 13.3. The molecule has 39 heavy (non-hydrogen) atoms. The van der Waals surface area contributed by atoms with Gasteiger partial charge in [0, 0.05) is 10.9 Å². The minimum atomic E-state index is -4.65. The van der Waals surface area contributed by atoms with Crippen LogP contribution in [0.1, 0.15) is 22.8 Å². The molecule has 0 radical (unpaired) electrons. The summed E-state index contributed by atoms with van der Waals surface area (Å²) in [6.45, 7) is 1.70. The first-order chi connectivity index (χ1) is 18.1. The number of nitrogens with zero attached hydrogens (tertiary/aromatic N) is 2. The van der Waals surface area contributed by atoms with Crippen molar-refractivity contribution in [2.45, 2.75) is 18.2 Å². The van der Waals surface area contributed by atoms with E-state index in [2.05, 4.69) is 15.5 Å². The standard InChI is InChI=1S/C26H21Cl2N3O6S.Na/c1-3-14-11-12-19(21(28)25(14)38(34,35)36)30-31-22-16-8-5-4-7-15(16)13-17(23(22)32)26(33)29-20-10-6-9-18(27)24(20)37-2;/h4-13,32H,3H2,1-2H3,(H,29,33)(H,34,35,36);/q;+1/p-1. The van der Waals surface area contributed by atoms with Crippen LogP contribution in [0, 0.1) is 0 Å². The Morgan fingerprint density at radius 3 is 2.46 bits per heavy atom. The predicted molar refractivity (Wildman–Crippen MR) is 144 cm³/mol. The van der Waals surface area contributed by atoms with Crippen LogP contribution in [0.15, 0.2) is 75.8 Å². The quantitative estimate of drug-likeness (QED) is 0.189. The Balaban J connectivity index is 0.00000420. The maximum atomic E-state index is 13.4. The summed E-state index contributed by atoms with van der Waals surface area (Å²) in [4.78, 5) is 12.7. The second-order valence-corrected chi connectivity index (χ2v) is 10.2. The molecule has 0 unspecified atom stereocenters. The minimum Gasteiger partial charge on any atom is -0.870 e. The number of hydrogen-bond acceptors (Lipinski definition) is 7. The van der Waals surface area contributed by atoms with E-state index in [1.54, 1.807) is 49.4 Å². The van der Waals surface area contributed by atoms with Gasteiger partial charge in [0.05, 0.1) is 28.5 Å². The first-order valence-electron chi connectivity index (χ1n) is 11.1. The van der Waals surface area contributed by atoms with Gasteiger partial charge in [0.15, 0.2) is 5.75 Å². The third kappa shape index (κ3) is 6.38. The van der Waals surface area contributed by atoms with Crippen LogP contribution in [0.3, 0.4) is 0 Å². The molecule has 4 aromatic rings. The third-order valence-corrected chi connectivity index (χ3v) is 7.47. The maximum Gasteiger partial charge on any atom is 1.00 e. The van der Waals surface area contributed by atoms with Crippen LogP contribution in [-0.2, 0) is 16.5 Å². The van der Waals surface area contributed by atoms with E-state index in [0.29, 0.717) is 16.3 Å². The molecular weight excluding hydrogens is 576 g/mol. The summed E-state index contributed by atoms with van der Waals surface area (Å²) in [7, 11) is -3.25. The fourth-order valence-corrected chi connectivity index (χ4v) is 5.55. The molecule has 0 spiro atoms. The normalized spacial score (nSPS) is 11.4. The SMILES string of the molecule is CCc1ccc(N=Nc2c([O-])c(C(=O)Nc3cccc(Cl)c3OC)cc3ccccc23)c(Cl)c1S(=O)(=O)O.[Na+]. The van der Waals surface area contributed by atoms with E-state index < -0.39 is 26.7 Å². The molecule has 4 rings (SSSR count). The summed E-state index contributed by atoms with van der Waals surface area (Å²) in [6.07, 6.45) is 0.288. The zero-order chi connectivity index (χ0) is 27.6. The maximum absolute atomic E-state index is 13.4. The monoisotopic (exact) mass is 595 g/mol. The average Bonchev–Trinajstić information content (AvgIpc) is 2.87. The Kier molecular flexibility index (Phi) is 10.0. The number of anilines is 1. The molecule has 2 N–H and O–H groups in total. The molecule has 0 aliphatic heterocycles. The summed E-state index contributed by atoms with van der Waals surface area (Å²) in [5.74, 6) is -1.21. The fourth-order valence-electron chi connectivity index (χ4n) is 3.91. The Hall–Kier alpha value is -2.70. The van der Waals surface area contributed by atoms with Gasteiger partial charge in [-0.15, -0.1) is 5.11 Å². The molecule has 0 saturated heterocycles. The van der Waals surface area contributed by atoms with Crippen molar-refractivity contribution < 1.29 is 57.2 Å². The molecule has 0 saturated carbocycles. The number of benzene rings is 4. The van der Waals surface area contributed by atoms with Crippen LogP contribution in [0.4, 0.5) is 17.1 Å². The number of amides is 1. The third-order valence-electron chi connectivity index (χ3n) is 5.69. The van der Waals surface area contributed by atoms with Crippen LogP contribution in [0.5, 0.6) is 11.5 Å². The molecule has 0 aromatic heterocycles. The van der Waals surface area contributed by atoms with E-state index in [4.69, 9.17) is 27.9 Å². The zero-order valence-corrected chi connectivity index (χ0v) is 25.4. The van der Waals surface area contributed by atoms with E-state index >= 15 is 0 Å². The van der Waals surface area contributed by atoms with E-state index in [0.717, 1.165) is 0 Å². The van der Waals surface area contributed by atoms with Gasteiger partial charge in [-0.2, -0.15) is 13.5 Å². The summed E-state index contributed by atoms with van der Waals surface area (Å²) in [5, 5.41) is 25.0. The van der Waals surface area contributed by atoms with Crippen LogP contribution >= 0.6 is 23.2 Å². The van der Waals surface area contributed by atoms with Gasteiger partial charge >= 0.3 is 29.6 Å². The molecule has 4 aromatic carbocycles. The first kappa shape index (κ1) is 30.8. The largest absolute Gasteiger partial charge is 1.00 e. The van der Waals surface area contributed by atoms with Gasteiger partial charge in [0.25, 0.3) is 16.0 Å². The van der Waals surface area contributed by atoms with Crippen LogP contribution in [0.25, 0.3) is 10.8 Å². The zero-order valence-electron chi connectivity index (χ0n) is 21.0. The summed E-state index contributed by atoms with van der Waals surface area (Å²) >= 11 is 12.4. The molecule has 196 valence electrons. The number of carbonyl (C=O) groups excluding carboxylic acids is 1. The number of fused-ring (bicyclic) bond motifs is 1. The second kappa shape index (κ2) is 12.6. The molecule has 9 nitrogen and oxygen atoms in total. The van der Waals surface area contributed by atoms with E-state index in [1.165, 1.54) is 25.3 Å². The van der Waals surface area contributed by atoms with E-state index in [1.807, 2.05) is 0 Å². The Bertz CT molecular complexity index is 1710. The van der Waals surface area contributed by atoms with Gasteiger partial charge in [-0.05, 0) is 41.6 Å². The molecule has 0 fully saturated rings. The number of para-hydroxylation sites is 1. The number of methoxy groups -OCH3 is 1. The van der Waals surface area contributed by atoms with Gasteiger partial charge in [-0.1, -0.05) is 72.3 Å². The van der Waals surface area contributed by atoms with Crippen LogP contribution in [0.2, 0.25) is 10.0 Å². The number of ether oxygens (including phenoxy) is 1. The summed E-state index contributed by atoms with van der Waals surface area (Å²) in [5.41, 5.74) is 0.0994. The van der Waals surface area contributed by atoms with Crippen molar-refractivity contribution in [2.75, 3.05) is 12.4 Å². The second-order valence-electron chi connectivity index (χ2n) is 8.01. The Morgan fingerprint density at radius 1 is 1.08 bits per heavy atom. The van der Waals surface area contributed by atoms with Gasteiger partial charge in [-0.25, -0.2) is 0 Å². The van der Waals surface area contributed by atoms with Crippen molar-refractivity contribution in [3.05, 3.63) is 81.8 Å². The number of hydrogen-bond donors (Lipinski definition) is 2. The average molecular weight is 596 g/mol. The molecule has 0 heterocycles. The summed E-state index contributed by atoms with van der Waals surface area (Å²) < 4.78 is 38.7. The van der Waals surface area contributed by atoms with Crippen molar-refractivity contribution in [3.8, 4) is 11.5 Å². The molecule has 0 aliphatic carbocycles. The number of aryl methyl sites for hydroxylation is 1. The fraction of sp³-hybridized carbons (Fsp3) is 0.115. The van der Waals surface area contributed by atoms with Crippen molar-refractivity contribution in [3.63, 3.8) is 0 Å². The molecule has 1 amide bonds. The number of carbonyl (C=O) groups is 1. The van der Waals surface area contributed by atoms with Crippen LogP contribution < -0.4 is 44.7 Å². The van der Waals surface area contributed by atoms with Crippen molar-refractivity contribution in [1.82, 2.24) is 0 Å². The van der Waals surface area contributed by atoms with Crippen LogP contribution in [-0.4, -0.2) is 26.0 Å². The van der Waals surface area contributed by atoms with Gasteiger partial charge < -0.3 is 15.2 Å². The smallest absolute Gasteiger partial charge is 0.870 e. The van der Waals surface area contributed by atoms with Crippen molar-refractivity contribution >= 4 is 67.1 Å². The van der Waals surface area contributed by atoms with Gasteiger partial charge in [0.1, 0.15) is 10.6 Å². The van der Waals surface area contributed by atoms with E-state index in [9.17, 15) is 22.9 Å². The minimum absolute atomic E-state index is 0. The van der Waals surface area contributed by atoms with Gasteiger partial charge in [-0.3, -0.25) is 9.35 Å². The number of rotatable bonds is 7.